The van der Waals surface area contributed by atoms with Crippen molar-refractivity contribution < 1.29 is 14.3 Å². The van der Waals surface area contributed by atoms with E-state index in [0.29, 0.717) is 22.2 Å². The molecule has 0 radical (unpaired) electrons. The number of carbonyl (C=O) groups is 1. The van der Waals surface area contributed by atoms with E-state index in [9.17, 15) is 4.79 Å². The highest BCUT2D eigenvalue weighted by Gasteiger charge is 2.29. The number of carbonyl (C=O) groups excluding carboxylic acids is 1. The molecule has 0 fully saturated rings. The fraction of sp³-hybridized carbons (Fsp3) is 0.263. The van der Waals surface area contributed by atoms with Crippen molar-refractivity contribution in [2.24, 2.45) is 0 Å². The van der Waals surface area contributed by atoms with Gasteiger partial charge in [0.1, 0.15) is 0 Å². The highest BCUT2D eigenvalue weighted by molar-refractivity contribution is 7.80. The fourth-order valence-electron chi connectivity index (χ4n) is 3.17. The first kappa shape index (κ1) is 17.2. The number of ether oxygens (including phenoxy) is 2. The first-order valence-corrected chi connectivity index (χ1v) is 8.41. The van der Waals surface area contributed by atoms with Gasteiger partial charge < -0.3 is 14.4 Å². The van der Waals surface area contributed by atoms with Crippen molar-refractivity contribution in [2.45, 2.75) is 19.4 Å². The van der Waals surface area contributed by atoms with Crippen LogP contribution in [-0.4, -0.2) is 31.3 Å². The number of anilines is 1. The van der Waals surface area contributed by atoms with E-state index in [1.165, 1.54) is 19.8 Å². The van der Waals surface area contributed by atoms with Gasteiger partial charge in [-0.1, -0.05) is 24.3 Å². The van der Waals surface area contributed by atoms with Gasteiger partial charge in [-0.2, -0.15) is 0 Å². The minimum atomic E-state index is -0.322. The average molecular weight is 356 g/mol. The topological polar surface area (TPSA) is 50.8 Å². The van der Waals surface area contributed by atoms with E-state index in [-0.39, 0.29) is 11.9 Å². The Balaban J connectivity index is 1.84. The highest BCUT2D eigenvalue weighted by atomic mass is 32.1. The second kappa shape index (κ2) is 7.11. The van der Waals surface area contributed by atoms with Crippen LogP contribution < -0.4 is 19.7 Å². The molecule has 130 valence electrons. The van der Waals surface area contributed by atoms with E-state index in [4.69, 9.17) is 21.7 Å². The molecule has 25 heavy (non-hydrogen) atoms. The quantitative estimate of drug-likeness (QED) is 0.856. The molecule has 5 nitrogen and oxygen atoms in total. The Bertz CT molecular complexity index is 822. The molecular weight excluding hydrogens is 336 g/mol. The smallest absolute Gasteiger partial charge is 0.261 e. The van der Waals surface area contributed by atoms with Gasteiger partial charge in [-0.25, -0.2) is 0 Å². The monoisotopic (exact) mass is 356 g/mol. The van der Waals surface area contributed by atoms with Gasteiger partial charge in [0.25, 0.3) is 5.91 Å². The average Bonchev–Trinajstić information content (AvgIpc) is 2.96. The van der Waals surface area contributed by atoms with Crippen LogP contribution in [0.5, 0.6) is 11.5 Å². The van der Waals surface area contributed by atoms with E-state index >= 15 is 0 Å². The lowest BCUT2D eigenvalue weighted by atomic mass is 10.1. The second-order valence-corrected chi connectivity index (χ2v) is 6.24. The number of hydrogen-bond donors (Lipinski definition) is 1. The lowest BCUT2D eigenvalue weighted by Crippen LogP contribution is -2.45. The SMILES string of the molecule is COc1cccc(C(=O)NC(=S)N2c3ccccc3C[C@H]2C)c1OC. The molecule has 1 heterocycles. The first-order valence-electron chi connectivity index (χ1n) is 8.00. The molecule has 0 unspecified atom stereocenters. The Kier molecular flexibility index (Phi) is 4.90. The molecule has 0 aromatic heterocycles. The van der Waals surface area contributed by atoms with Crippen molar-refractivity contribution in [1.82, 2.24) is 5.32 Å². The maximum atomic E-state index is 12.7. The van der Waals surface area contributed by atoms with Crippen molar-refractivity contribution in [3.63, 3.8) is 0 Å². The predicted octanol–water partition coefficient (Wildman–Crippen LogP) is 3.17. The molecule has 0 bridgehead atoms. The molecule has 1 aliphatic rings. The predicted molar refractivity (Wildman–Crippen MR) is 102 cm³/mol. The minimum Gasteiger partial charge on any atom is -0.493 e. The van der Waals surface area contributed by atoms with Gasteiger partial charge in [0.05, 0.1) is 19.8 Å². The Morgan fingerprint density at radius 3 is 2.64 bits per heavy atom. The number of benzene rings is 2. The minimum absolute atomic E-state index is 0.192. The second-order valence-electron chi connectivity index (χ2n) is 5.85. The van der Waals surface area contributed by atoms with Crippen LogP contribution in [0.3, 0.4) is 0 Å². The summed E-state index contributed by atoms with van der Waals surface area (Å²) in [6, 6.07) is 13.4. The third kappa shape index (κ3) is 3.17. The molecule has 1 N–H and O–H groups in total. The Labute approximate surface area is 152 Å². The summed E-state index contributed by atoms with van der Waals surface area (Å²) < 4.78 is 10.6. The molecule has 1 aliphatic heterocycles. The summed E-state index contributed by atoms with van der Waals surface area (Å²) >= 11 is 5.51. The molecule has 1 atom stereocenters. The van der Waals surface area contributed by atoms with E-state index in [0.717, 1.165) is 12.1 Å². The van der Waals surface area contributed by atoms with Crippen LogP contribution in [0.1, 0.15) is 22.8 Å². The zero-order chi connectivity index (χ0) is 18.0. The summed E-state index contributed by atoms with van der Waals surface area (Å²) in [7, 11) is 3.04. The molecule has 0 aliphatic carbocycles. The van der Waals surface area contributed by atoms with Crippen molar-refractivity contribution >= 4 is 28.9 Å². The van der Waals surface area contributed by atoms with Crippen LogP contribution in [0.25, 0.3) is 0 Å². The third-order valence-electron chi connectivity index (χ3n) is 4.29. The molecule has 0 spiro atoms. The molecule has 6 heteroatoms. The Hall–Kier alpha value is -2.60. The maximum Gasteiger partial charge on any atom is 0.261 e. The van der Waals surface area contributed by atoms with Crippen molar-refractivity contribution in [1.29, 1.82) is 0 Å². The standard InChI is InChI=1S/C19H20N2O3S/c1-12-11-13-7-4-5-9-15(13)21(12)19(25)20-18(22)14-8-6-10-16(23-2)17(14)24-3/h4-10,12H,11H2,1-3H3,(H,20,22,25)/t12-/m1/s1. The largest absolute Gasteiger partial charge is 0.493 e. The summed E-state index contributed by atoms with van der Waals surface area (Å²) in [5.41, 5.74) is 2.65. The van der Waals surface area contributed by atoms with Crippen LogP contribution >= 0.6 is 12.2 Å². The molecule has 2 aromatic carbocycles. The van der Waals surface area contributed by atoms with Crippen LogP contribution in [0.4, 0.5) is 5.69 Å². The van der Waals surface area contributed by atoms with Crippen molar-refractivity contribution in [2.75, 3.05) is 19.1 Å². The zero-order valence-corrected chi connectivity index (χ0v) is 15.2. The van der Waals surface area contributed by atoms with Gasteiger partial charge in [-0.15, -0.1) is 0 Å². The first-order chi connectivity index (χ1) is 12.1. The lowest BCUT2D eigenvalue weighted by Gasteiger charge is -2.25. The summed E-state index contributed by atoms with van der Waals surface area (Å²) in [5.74, 6) is 0.568. The summed E-state index contributed by atoms with van der Waals surface area (Å²) in [6.07, 6.45) is 0.897. The molecule has 1 amide bonds. The van der Waals surface area contributed by atoms with Gasteiger partial charge in [0.2, 0.25) is 0 Å². The van der Waals surface area contributed by atoms with Crippen molar-refractivity contribution in [3.05, 3.63) is 53.6 Å². The number of nitrogens with zero attached hydrogens (tertiary/aromatic N) is 1. The summed E-state index contributed by atoms with van der Waals surface area (Å²) in [4.78, 5) is 14.7. The number of hydrogen-bond acceptors (Lipinski definition) is 4. The summed E-state index contributed by atoms with van der Waals surface area (Å²) in [5, 5.41) is 3.20. The molecule has 3 rings (SSSR count). The van der Waals surface area contributed by atoms with E-state index < -0.39 is 0 Å². The molecular formula is C19H20N2O3S. The van der Waals surface area contributed by atoms with E-state index in [1.807, 2.05) is 23.1 Å². The van der Waals surface area contributed by atoms with Crippen molar-refractivity contribution in [3.8, 4) is 11.5 Å². The normalized spacial score (nSPS) is 15.5. The molecule has 0 saturated heterocycles. The third-order valence-corrected chi connectivity index (χ3v) is 4.59. The number of para-hydroxylation sites is 2. The van der Waals surface area contributed by atoms with Crippen LogP contribution in [0.15, 0.2) is 42.5 Å². The highest BCUT2D eigenvalue weighted by Crippen LogP contribution is 2.33. The van der Waals surface area contributed by atoms with Gasteiger partial charge in [-0.05, 0) is 49.3 Å². The van der Waals surface area contributed by atoms with E-state index in [1.54, 1.807) is 18.2 Å². The Morgan fingerprint density at radius 1 is 1.16 bits per heavy atom. The maximum absolute atomic E-state index is 12.7. The Morgan fingerprint density at radius 2 is 1.92 bits per heavy atom. The fourth-order valence-corrected chi connectivity index (χ4v) is 3.54. The van der Waals surface area contributed by atoms with E-state index in [2.05, 4.69) is 18.3 Å². The number of nitrogens with one attached hydrogen (secondary N) is 1. The van der Waals surface area contributed by atoms with Gasteiger partial charge >= 0.3 is 0 Å². The van der Waals surface area contributed by atoms with Gasteiger partial charge in [0, 0.05) is 11.7 Å². The number of methoxy groups -OCH3 is 2. The zero-order valence-electron chi connectivity index (χ0n) is 14.4. The van der Waals surface area contributed by atoms with Crippen LogP contribution in [-0.2, 0) is 6.42 Å². The number of rotatable bonds is 3. The molecule has 0 saturated carbocycles. The number of fused-ring (bicyclic) bond motifs is 1. The number of thiocarbonyl (C=S) groups is 1. The number of amides is 1. The van der Waals surface area contributed by atoms with Crippen LogP contribution in [0.2, 0.25) is 0 Å². The lowest BCUT2D eigenvalue weighted by molar-refractivity contribution is 0.0973. The molecule has 2 aromatic rings. The van der Waals surface area contributed by atoms with Crippen LogP contribution in [0, 0.1) is 0 Å². The van der Waals surface area contributed by atoms with Gasteiger partial charge in [-0.3, -0.25) is 10.1 Å². The summed E-state index contributed by atoms with van der Waals surface area (Å²) in [6.45, 7) is 2.09. The van der Waals surface area contributed by atoms with Gasteiger partial charge in [0.15, 0.2) is 16.6 Å².